The van der Waals surface area contributed by atoms with Crippen LogP contribution in [0.15, 0.2) is 54.0 Å². The van der Waals surface area contributed by atoms with E-state index in [-0.39, 0.29) is 40.6 Å². The van der Waals surface area contributed by atoms with Crippen molar-refractivity contribution in [2.45, 2.75) is 39.7 Å². The Hall–Kier alpha value is -4.98. The number of carbonyl (C=O) groups excluding carboxylic acids is 1. The van der Waals surface area contributed by atoms with Crippen molar-refractivity contribution < 1.29 is 13.6 Å². The quantitative estimate of drug-likeness (QED) is 0.322. The summed E-state index contributed by atoms with van der Waals surface area (Å²) in [6, 6.07) is 8.39. The van der Waals surface area contributed by atoms with Crippen LogP contribution in [0.3, 0.4) is 0 Å². The highest BCUT2D eigenvalue weighted by Crippen LogP contribution is 2.35. The largest absolute Gasteiger partial charge is 0.355 e. The first-order valence-corrected chi connectivity index (χ1v) is 13.5. The van der Waals surface area contributed by atoms with Crippen molar-refractivity contribution in [3.63, 3.8) is 0 Å². The number of hydrogen-bond donors (Lipinski definition) is 0. The predicted molar refractivity (Wildman–Crippen MR) is 155 cm³/mol. The zero-order valence-electron chi connectivity index (χ0n) is 23.7. The lowest BCUT2D eigenvalue weighted by Gasteiger charge is -2.40. The van der Waals surface area contributed by atoms with Gasteiger partial charge in [-0.25, -0.2) is 23.1 Å². The number of nitriles is 1. The maximum atomic E-state index is 15.0. The topological polar surface area (TPSA) is 108 Å². The minimum absolute atomic E-state index is 0.0800. The van der Waals surface area contributed by atoms with Gasteiger partial charge in [0.15, 0.2) is 5.65 Å². The summed E-state index contributed by atoms with van der Waals surface area (Å²) in [5.74, 6) is -1.80. The molecule has 0 spiro atoms. The molecule has 4 aromatic rings. The number of aryl methyl sites for hydroxylation is 1. The standard InChI is InChI=1S/C31H29F2N7O2/c1-6-24(41)38-12-13-39(19(5)16-38)29-21-14-20(15-34)27(25-22(32)8-7-9-23(25)33)36-30(21)40(31(42)37-29)28-18(4)10-11-35-26(28)17(2)3/h6-11,14,17,19H,1,12-13,16H2,2-5H3. The number of amides is 1. The lowest BCUT2D eigenvalue weighted by atomic mass is 10.0. The second-order valence-electron chi connectivity index (χ2n) is 10.6. The minimum atomic E-state index is -0.890. The van der Waals surface area contributed by atoms with Gasteiger partial charge >= 0.3 is 5.69 Å². The summed E-state index contributed by atoms with van der Waals surface area (Å²) in [5.41, 5.74) is 0.441. The van der Waals surface area contributed by atoms with Crippen molar-refractivity contribution >= 4 is 22.8 Å². The van der Waals surface area contributed by atoms with Crippen LogP contribution in [-0.2, 0) is 4.79 Å². The highest BCUT2D eigenvalue weighted by atomic mass is 19.1. The van der Waals surface area contributed by atoms with Crippen molar-refractivity contribution in [1.82, 2.24) is 24.4 Å². The molecular formula is C31H29F2N7O2. The van der Waals surface area contributed by atoms with Crippen LogP contribution in [0.1, 0.15) is 43.5 Å². The van der Waals surface area contributed by atoms with Gasteiger partial charge in [0, 0.05) is 31.9 Å². The molecule has 1 amide bonds. The molecule has 1 atom stereocenters. The SMILES string of the molecule is C=CC(=O)N1CCN(c2nc(=O)n(-c3c(C)ccnc3C(C)C)c3nc(-c4c(F)cccc4F)c(C#N)cc23)C(C)C1. The molecular weight excluding hydrogens is 540 g/mol. The number of nitrogens with zero attached hydrogens (tertiary/aromatic N) is 7. The summed E-state index contributed by atoms with van der Waals surface area (Å²) >= 11 is 0. The number of fused-ring (bicyclic) bond motifs is 1. The summed E-state index contributed by atoms with van der Waals surface area (Å²) in [5, 5.41) is 10.4. The monoisotopic (exact) mass is 569 g/mol. The molecule has 1 unspecified atom stereocenters. The maximum absolute atomic E-state index is 15.0. The second kappa shape index (κ2) is 11.1. The molecule has 5 rings (SSSR count). The van der Waals surface area contributed by atoms with E-state index >= 15 is 8.78 Å². The van der Waals surface area contributed by atoms with Gasteiger partial charge in [-0.15, -0.1) is 0 Å². The van der Waals surface area contributed by atoms with Crippen LogP contribution < -0.4 is 10.6 Å². The molecule has 4 heterocycles. The number of anilines is 1. The van der Waals surface area contributed by atoms with Gasteiger partial charge in [0.2, 0.25) is 5.91 Å². The molecule has 0 saturated carbocycles. The van der Waals surface area contributed by atoms with Crippen molar-refractivity contribution in [2.75, 3.05) is 24.5 Å². The highest BCUT2D eigenvalue weighted by molar-refractivity contribution is 5.93. The molecule has 0 aliphatic carbocycles. The Labute approximate surface area is 241 Å². The number of piperazine rings is 1. The summed E-state index contributed by atoms with van der Waals surface area (Å²) in [4.78, 5) is 43.4. The summed E-state index contributed by atoms with van der Waals surface area (Å²) < 4.78 is 31.3. The van der Waals surface area contributed by atoms with E-state index in [4.69, 9.17) is 0 Å². The number of carbonyl (C=O) groups is 1. The van der Waals surface area contributed by atoms with Gasteiger partial charge in [0.25, 0.3) is 0 Å². The Morgan fingerprint density at radius 2 is 1.90 bits per heavy atom. The molecule has 0 bridgehead atoms. The van der Waals surface area contributed by atoms with Crippen LogP contribution in [0.2, 0.25) is 0 Å². The molecule has 214 valence electrons. The zero-order chi connectivity index (χ0) is 30.3. The van der Waals surface area contributed by atoms with Crippen molar-refractivity contribution in [3.8, 4) is 23.0 Å². The first-order chi connectivity index (χ1) is 20.1. The number of pyridine rings is 2. The smallest absolute Gasteiger partial charge is 0.350 e. The minimum Gasteiger partial charge on any atom is -0.350 e. The number of rotatable bonds is 5. The van der Waals surface area contributed by atoms with Gasteiger partial charge in [-0.3, -0.25) is 9.78 Å². The van der Waals surface area contributed by atoms with E-state index in [1.165, 1.54) is 22.8 Å². The molecule has 1 fully saturated rings. The van der Waals surface area contributed by atoms with Gasteiger partial charge in [-0.2, -0.15) is 10.2 Å². The van der Waals surface area contributed by atoms with Crippen molar-refractivity contribution in [3.05, 3.63) is 88.1 Å². The van der Waals surface area contributed by atoms with Gasteiger partial charge in [0.1, 0.15) is 23.5 Å². The molecule has 1 saturated heterocycles. The van der Waals surface area contributed by atoms with E-state index in [1.54, 1.807) is 17.2 Å². The van der Waals surface area contributed by atoms with Crippen LogP contribution in [0.25, 0.3) is 28.0 Å². The van der Waals surface area contributed by atoms with Crippen LogP contribution in [-0.4, -0.2) is 56.0 Å². The Kier molecular flexibility index (Phi) is 7.56. The first-order valence-electron chi connectivity index (χ1n) is 13.5. The Morgan fingerprint density at radius 1 is 1.19 bits per heavy atom. The third-order valence-corrected chi connectivity index (χ3v) is 7.48. The lowest BCUT2D eigenvalue weighted by molar-refractivity contribution is -0.126. The molecule has 1 aromatic carbocycles. The number of hydrogen-bond acceptors (Lipinski definition) is 7. The predicted octanol–water partition coefficient (Wildman–Crippen LogP) is 4.65. The molecule has 3 aromatic heterocycles. The fraction of sp³-hybridized carbons (Fsp3) is 0.290. The maximum Gasteiger partial charge on any atom is 0.355 e. The van der Waals surface area contributed by atoms with Gasteiger partial charge in [0.05, 0.1) is 33.6 Å². The number of halogens is 2. The van der Waals surface area contributed by atoms with E-state index in [2.05, 4.69) is 21.5 Å². The molecule has 9 nitrogen and oxygen atoms in total. The highest BCUT2D eigenvalue weighted by Gasteiger charge is 2.31. The van der Waals surface area contributed by atoms with E-state index in [9.17, 15) is 14.9 Å². The Bertz CT molecular complexity index is 1820. The van der Waals surface area contributed by atoms with Crippen molar-refractivity contribution in [2.24, 2.45) is 0 Å². The molecule has 1 aliphatic heterocycles. The van der Waals surface area contributed by atoms with Crippen LogP contribution in [0.5, 0.6) is 0 Å². The molecule has 1 aliphatic rings. The number of aromatic nitrogens is 4. The summed E-state index contributed by atoms with van der Waals surface area (Å²) in [6.07, 6.45) is 2.91. The van der Waals surface area contributed by atoms with E-state index in [0.717, 1.165) is 17.7 Å². The van der Waals surface area contributed by atoms with Crippen LogP contribution >= 0.6 is 0 Å². The Morgan fingerprint density at radius 3 is 2.52 bits per heavy atom. The average molecular weight is 570 g/mol. The third-order valence-electron chi connectivity index (χ3n) is 7.48. The number of benzene rings is 1. The van der Waals surface area contributed by atoms with Crippen molar-refractivity contribution in [1.29, 1.82) is 5.26 Å². The first kappa shape index (κ1) is 28.5. The van der Waals surface area contributed by atoms with Crippen LogP contribution in [0, 0.1) is 29.9 Å². The fourth-order valence-corrected chi connectivity index (χ4v) is 5.44. The molecule has 0 radical (unpaired) electrons. The summed E-state index contributed by atoms with van der Waals surface area (Å²) in [6.45, 7) is 12.2. The van der Waals surface area contributed by atoms with Gasteiger partial charge in [-0.1, -0.05) is 26.5 Å². The molecule has 0 N–H and O–H groups in total. The third kappa shape index (κ3) is 4.79. The van der Waals surface area contributed by atoms with Gasteiger partial charge in [-0.05, 0) is 55.7 Å². The Balaban J connectivity index is 1.87. The van der Waals surface area contributed by atoms with Gasteiger partial charge < -0.3 is 9.80 Å². The molecule has 42 heavy (non-hydrogen) atoms. The lowest BCUT2D eigenvalue weighted by Crippen LogP contribution is -2.54. The van der Waals surface area contributed by atoms with E-state index < -0.39 is 22.9 Å². The average Bonchev–Trinajstić information content (AvgIpc) is 2.96. The normalized spacial score (nSPS) is 15.2. The summed E-state index contributed by atoms with van der Waals surface area (Å²) in [7, 11) is 0. The second-order valence-corrected chi connectivity index (χ2v) is 10.6. The molecule has 11 heteroatoms. The van der Waals surface area contributed by atoms with E-state index in [0.29, 0.717) is 36.4 Å². The van der Waals surface area contributed by atoms with Crippen LogP contribution in [0.4, 0.5) is 14.6 Å². The zero-order valence-corrected chi connectivity index (χ0v) is 23.7. The fourth-order valence-electron chi connectivity index (χ4n) is 5.44. The van der Waals surface area contributed by atoms with E-state index in [1.807, 2.05) is 38.7 Å².